The Balaban J connectivity index is 2.10. The Morgan fingerprint density at radius 3 is 2.62 bits per heavy atom. The minimum atomic E-state index is -3.45. The van der Waals surface area contributed by atoms with Crippen LogP contribution in [0.4, 0.5) is 0 Å². The molecule has 0 aromatic carbocycles. The van der Waals surface area contributed by atoms with Gasteiger partial charge in [-0.25, -0.2) is 13.1 Å². The maximum absolute atomic E-state index is 12.5. The number of hydrogen-bond donors (Lipinski definition) is 2. The Hall–Kier alpha value is -0.920. The van der Waals surface area contributed by atoms with E-state index in [0.29, 0.717) is 10.6 Å². The minimum Gasteiger partial charge on any atom is -0.317 e. The van der Waals surface area contributed by atoms with Gasteiger partial charge in [-0.05, 0) is 46.2 Å². The smallest absolute Gasteiger partial charge is 0.244 e. The molecule has 1 aliphatic rings. The molecule has 0 radical (unpaired) electrons. The van der Waals surface area contributed by atoms with Gasteiger partial charge >= 0.3 is 0 Å². The summed E-state index contributed by atoms with van der Waals surface area (Å²) < 4.78 is 29.6. The number of aryl methyl sites for hydroxylation is 2. The minimum absolute atomic E-state index is 0.103. The van der Waals surface area contributed by atoms with Crippen LogP contribution in [0.25, 0.3) is 0 Å². The van der Waals surface area contributed by atoms with Crippen molar-refractivity contribution in [2.75, 3.05) is 13.1 Å². The van der Waals surface area contributed by atoms with Crippen molar-refractivity contribution in [3.8, 4) is 0 Å². The van der Waals surface area contributed by atoms with Crippen molar-refractivity contribution in [3.63, 3.8) is 0 Å². The van der Waals surface area contributed by atoms with Crippen LogP contribution < -0.4 is 10.0 Å². The third kappa shape index (κ3) is 3.84. The molecule has 0 aliphatic heterocycles. The van der Waals surface area contributed by atoms with E-state index in [1.54, 1.807) is 6.92 Å². The third-order valence-electron chi connectivity index (χ3n) is 3.98. The zero-order valence-corrected chi connectivity index (χ0v) is 14.0. The fourth-order valence-electron chi connectivity index (χ4n) is 2.62. The normalized spacial score (nSPS) is 16.1. The molecule has 0 spiro atoms. The van der Waals surface area contributed by atoms with Gasteiger partial charge in [0.2, 0.25) is 10.0 Å². The molecule has 120 valence electrons. The highest BCUT2D eigenvalue weighted by Gasteiger charge is 2.29. The first-order chi connectivity index (χ1) is 9.95. The molecule has 1 saturated carbocycles. The summed E-state index contributed by atoms with van der Waals surface area (Å²) in [6.45, 7) is 8.27. The molecule has 0 saturated heterocycles. The van der Waals surface area contributed by atoms with Gasteiger partial charge in [0.05, 0.1) is 11.4 Å². The maximum Gasteiger partial charge on any atom is 0.244 e. The third-order valence-corrected chi connectivity index (χ3v) is 5.76. The van der Waals surface area contributed by atoms with Crippen molar-refractivity contribution in [3.05, 3.63) is 11.4 Å². The van der Waals surface area contributed by atoms with Gasteiger partial charge in [-0.15, -0.1) is 0 Å². The Labute approximate surface area is 127 Å². The van der Waals surface area contributed by atoms with Crippen LogP contribution in [0.2, 0.25) is 0 Å². The number of nitrogens with one attached hydrogen (secondary N) is 2. The molecule has 1 aliphatic carbocycles. The molecule has 0 bridgehead atoms. The van der Waals surface area contributed by atoms with Gasteiger partial charge in [-0.3, -0.25) is 4.68 Å². The maximum atomic E-state index is 12.5. The van der Waals surface area contributed by atoms with E-state index in [2.05, 4.69) is 22.1 Å². The van der Waals surface area contributed by atoms with Crippen molar-refractivity contribution in [2.45, 2.75) is 63.9 Å². The fourth-order valence-corrected chi connectivity index (χ4v) is 4.34. The van der Waals surface area contributed by atoms with Gasteiger partial charge in [-0.2, -0.15) is 5.10 Å². The summed E-state index contributed by atoms with van der Waals surface area (Å²) >= 11 is 0. The van der Waals surface area contributed by atoms with E-state index in [1.165, 1.54) is 0 Å². The number of rotatable bonds is 8. The zero-order valence-electron chi connectivity index (χ0n) is 13.1. The number of aromatic nitrogens is 2. The van der Waals surface area contributed by atoms with Crippen LogP contribution in [0.5, 0.6) is 0 Å². The van der Waals surface area contributed by atoms with Crippen LogP contribution in [0.3, 0.4) is 0 Å². The van der Waals surface area contributed by atoms with Gasteiger partial charge < -0.3 is 5.32 Å². The highest BCUT2D eigenvalue weighted by molar-refractivity contribution is 7.89. The topological polar surface area (TPSA) is 76.0 Å². The molecule has 0 amide bonds. The molecular weight excluding hydrogens is 288 g/mol. The first-order valence-corrected chi connectivity index (χ1v) is 9.21. The molecule has 2 N–H and O–H groups in total. The first kappa shape index (κ1) is 16.5. The average Bonchev–Trinajstić information content (AvgIpc) is 2.65. The molecule has 21 heavy (non-hydrogen) atoms. The molecule has 1 heterocycles. The molecule has 6 nitrogen and oxygen atoms in total. The van der Waals surface area contributed by atoms with Gasteiger partial charge in [0, 0.05) is 12.6 Å². The molecule has 0 atom stereocenters. The van der Waals surface area contributed by atoms with Crippen LogP contribution in [0, 0.1) is 13.8 Å². The van der Waals surface area contributed by atoms with E-state index in [1.807, 2.05) is 11.6 Å². The summed E-state index contributed by atoms with van der Waals surface area (Å²) in [7, 11) is -3.45. The average molecular weight is 314 g/mol. The van der Waals surface area contributed by atoms with E-state index in [4.69, 9.17) is 0 Å². The molecule has 2 rings (SSSR count). The lowest BCUT2D eigenvalue weighted by Gasteiger charge is -2.26. The quantitative estimate of drug-likeness (QED) is 0.710. The summed E-state index contributed by atoms with van der Waals surface area (Å²) in [5, 5.41) is 7.65. The SMILES string of the molecule is CCNCCCn1nc(C)c(S(=O)(=O)NC2CCC2)c1C. The molecular formula is C14H26N4O2S. The van der Waals surface area contributed by atoms with Gasteiger partial charge in [-0.1, -0.05) is 13.3 Å². The van der Waals surface area contributed by atoms with Crippen molar-refractivity contribution in [1.29, 1.82) is 0 Å². The molecule has 7 heteroatoms. The second-order valence-corrected chi connectivity index (χ2v) is 7.33. The van der Waals surface area contributed by atoms with Crippen LogP contribution in [0.15, 0.2) is 4.90 Å². The fraction of sp³-hybridized carbons (Fsp3) is 0.786. The standard InChI is InChI=1S/C14H26N4O2S/c1-4-15-9-6-10-18-12(3)14(11(2)16-18)21(19,20)17-13-7-5-8-13/h13,15,17H,4-10H2,1-3H3. The van der Waals surface area contributed by atoms with Crippen molar-refractivity contribution in [1.82, 2.24) is 19.8 Å². The van der Waals surface area contributed by atoms with E-state index < -0.39 is 10.0 Å². The molecule has 0 unspecified atom stereocenters. The predicted molar refractivity (Wildman–Crippen MR) is 82.8 cm³/mol. The van der Waals surface area contributed by atoms with Crippen molar-refractivity contribution in [2.24, 2.45) is 0 Å². The lowest BCUT2D eigenvalue weighted by atomic mass is 9.94. The summed E-state index contributed by atoms with van der Waals surface area (Å²) in [5.74, 6) is 0. The Kier molecular flexibility index (Phi) is 5.40. The predicted octanol–water partition coefficient (Wildman–Crippen LogP) is 1.33. The second kappa shape index (κ2) is 6.89. The number of hydrogen-bond acceptors (Lipinski definition) is 4. The van der Waals surface area contributed by atoms with Crippen molar-refractivity contribution >= 4 is 10.0 Å². The summed E-state index contributed by atoms with van der Waals surface area (Å²) in [6.07, 6.45) is 3.92. The van der Waals surface area contributed by atoms with E-state index >= 15 is 0 Å². The molecule has 1 fully saturated rings. The van der Waals surface area contributed by atoms with Crippen molar-refractivity contribution < 1.29 is 8.42 Å². The largest absolute Gasteiger partial charge is 0.317 e. The monoisotopic (exact) mass is 314 g/mol. The lowest BCUT2D eigenvalue weighted by molar-refractivity contribution is 0.383. The van der Waals surface area contributed by atoms with Gasteiger partial charge in [0.25, 0.3) is 0 Å². The van der Waals surface area contributed by atoms with Crippen LogP contribution in [0.1, 0.15) is 44.0 Å². The molecule has 1 aromatic heterocycles. The summed E-state index contributed by atoms with van der Waals surface area (Å²) in [4.78, 5) is 0.359. The second-order valence-electron chi connectivity index (χ2n) is 5.68. The molecule has 1 aromatic rings. The van der Waals surface area contributed by atoms with Gasteiger partial charge in [0.1, 0.15) is 4.90 Å². The van der Waals surface area contributed by atoms with Crippen LogP contribution in [-0.2, 0) is 16.6 Å². The van der Waals surface area contributed by atoms with Gasteiger partial charge in [0.15, 0.2) is 0 Å². The van der Waals surface area contributed by atoms with E-state index in [-0.39, 0.29) is 6.04 Å². The Morgan fingerprint density at radius 1 is 1.33 bits per heavy atom. The lowest BCUT2D eigenvalue weighted by Crippen LogP contribution is -2.39. The van der Waals surface area contributed by atoms with Crippen LogP contribution >= 0.6 is 0 Å². The number of nitrogens with zero attached hydrogens (tertiary/aromatic N) is 2. The highest BCUT2D eigenvalue weighted by Crippen LogP contribution is 2.24. The summed E-state index contributed by atoms with van der Waals surface area (Å²) in [5.41, 5.74) is 1.32. The summed E-state index contributed by atoms with van der Waals surface area (Å²) in [6, 6.07) is 0.103. The Morgan fingerprint density at radius 2 is 2.05 bits per heavy atom. The highest BCUT2D eigenvalue weighted by atomic mass is 32.2. The van der Waals surface area contributed by atoms with E-state index in [0.717, 1.165) is 51.0 Å². The first-order valence-electron chi connectivity index (χ1n) is 7.72. The van der Waals surface area contributed by atoms with E-state index in [9.17, 15) is 8.42 Å². The van der Waals surface area contributed by atoms with Crippen LogP contribution in [-0.4, -0.2) is 37.3 Å². The zero-order chi connectivity index (χ0) is 15.5. The Bertz CT molecular complexity index is 576. The number of sulfonamides is 1.